The molecule has 166 valence electrons. The molecule has 1 aromatic rings. The van der Waals surface area contributed by atoms with Gasteiger partial charge in [-0.2, -0.15) is 0 Å². The van der Waals surface area contributed by atoms with Crippen molar-refractivity contribution in [3.05, 3.63) is 23.8 Å². The molecular weight excluding hydrogens is 404 g/mol. The average molecular weight is 430 g/mol. The minimum atomic E-state index is -1.60. The number of carbonyl (C=O) groups excluding carboxylic acids is 2. The minimum absolute atomic E-state index is 0.0884. The van der Waals surface area contributed by atoms with Crippen LogP contribution in [0.2, 0.25) is 0 Å². The van der Waals surface area contributed by atoms with Gasteiger partial charge in [-0.3, -0.25) is 9.69 Å². The quantitative estimate of drug-likeness (QED) is 0.703. The number of nitrogens with zero attached hydrogens (tertiary/aromatic N) is 1. The molecule has 4 saturated heterocycles. The van der Waals surface area contributed by atoms with E-state index in [9.17, 15) is 9.59 Å². The molecule has 0 aliphatic carbocycles. The van der Waals surface area contributed by atoms with Gasteiger partial charge in [0.15, 0.2) is 17.6 Å². The van der Waals surface area contributed by atoms with Gasteiger partial charge >= 0.3 is 5.97 Å². The number of fused-ring (bicyclic) bond motifs is 9. The average Bonchev–Trinajstić information content (AvgIpc) is 3.48. The molecule has 6 rings (SSSR count). The first-order valence-corrected chi connectivity index (χ1v) is 10.7. The molecular formula is C22H26N2O7. The molecule has 9 heteroatoms. The number of hydrogen-bond donors (Lipinski definition) is 1. The molecule has 0 unspecified atom stereocenters. The second-order valence-electron chi connectivity index (χ2n) is 9.32. The Morgan fingerprint density at radius 3 is 2.77 bits per heavy atom. The third-order valence-electron chi connectivity index (χ3n) is 7.58. The molecule has 1 aromatic carbocycles. The summed E-state index contributed by atoms with van der Waals surface area (Å²) in [5, 5.41) is 2.99. The number of methoxy groups -OCH3 is 2. The van der Waals surface area contributed by atoms with Crippen LogP contribution in [-0.2, 0) is 34.1 Å². The van der Waals surface area contributed by atoms with Crippen LogP contribution in [0.3, 0.4) is 0 Å². The van der Waals surface area contributed by atoms with Crippen LogP contribution in [0.4, 0.5) is 5.69 Å². The molecule has 0 radical (unpaired) electrons. The largest absolute Gasteiger partial charge is 0.497 e. The molecule has 0 bridgehead atoms. The molecule has 1 amide bonds. The summed E-state index contributed by atoms with van der Waals surface area (Å²) in [5.41, 5.74) is -1.68. The maximum Gasteiger partial charge on any atom is 0.341 e. The highest BCUT2D eigenvalue weighted by molar-refractivity contribution is 6.11. The number of carbonyl (C=O) groups is 2. The summed E-state index contributed by atoms with van der Waals surface area (Å²) in [6.07, 6.45) is 0.491. The molecule has 6 atom stereocenters. The third kappa shape index (κ3) is 2.06. The molecule has 1 N–H and O–H groups in total. The molecule has 0 saturated carbocycles. The number of ether oxygens (including phenoxy) is 5. The molecule has 4 fully saturated rings. The van der Waals surface area contributed by atoms with Crippen molar-refractivity contribution in [3.63, 3.8) is 0 Å². The number of rotatable bonds is 2. The second-order valence-corrected chi connectivity index (χ2v) is 9.32. The van der Waals surface area contributed by atoms with E-state index >= 15 is 0 Å². The van der Waals surface area contributed by atoms with Gasteiger partial charge in [0.25, 0.3) is 5.91 Å². The SMILES string of the molecule is COC(=O)[C@]12O[C@@H]3OC(C)(C)O[C@@H]3[C@H]1[C@@H]1CCCN1[C@@]21C(=O)Nc2ccc(OC)cc21. The fourth-order valence-electron chi connectivity index (χ4n) is 6.73. The molecule has 0 aromatic heterocycles. The van der Waals surface area contributed by atoms with Gasteiger partial charge < -0.3 is 29.0 Å². The Hall–Kier alpha value is -2.20. The lowest BCUT2D eigenvalue weighted by Gasteiger charge is -2.43. The highest BCUT2D eigenvalue weighted by Crippen LogP contribution is 2.67. The lowest BCUT2D eigenvalue weighted by atomic mass is 9.69. The summed E-state index contributed by atoms with van der Waals surface area (Å²) >= 11 is 0. The predicted octanol–water partition coefficient (Wildman–Crippen LogP) is 1.36. The summed E-state index contributed by atoms with van der Waals surface area (Å²) in [7, 11) is 2.90. The van der Waals surface area contributed by atoms with Gasteiger partial charge in [0.2, 0.25) is 5.60 Å². The summed E-state index contributed by atoms with van der Waals surface area (Å²) in [4.78, 5) is 29.6. The van der Waals surface area contributed by atoms with Crippen molar-refractivity contribution >= 4 is 17.6 Å². The predicted molar refractivity (Wildman–Crippen MR) is 106 cm³/mol. The van der Waals surface area contributed by atoms with E-state index < -0.39 is 41.2 Å². The highest BCUT2D eigenvalue weighted by Gasteiger charge is 2.85. The first-order valence-electron chi connectivity index (χ1n) is 10.7. The Kier molecular flexibility index (Phi) is 3.76. The van der Waals surface area contributed by atoms with Crippen LogP contribution < -0.4 is 10.1 Å². The van der Waals surface area contributed by atoms with Crippen LogP contribution in [0, 0.1) is 5.92 Å². The highest BCUT2D eigenvalue weighted by atomic mass is 16.8. The molecule has 31 heavy (non-hydrogen) atoms. The van der Waals surface area contributed by atoms with E-state index in [1.165, 1.54) is 7.11 Å². The third-order valence-corrected chi connectivity index (χ3v) is 7.58. The van der Waals surface area contributed by atoms with Gasteiger partial charge in [0.05, 0.1) is 14.2 Å². The molecule has 5 heterocycles. The fraction of sp³-hybridized carbons (Fsp3) is 0.636. The zero-order valence-corrected chi connectivity index (χ0v) is 18.0. The molecule has 5 aliphatic rings. The van der Waals surface area contributed by atoms with Crippen molar-refractivity contribution in [2.45, 2.75) is 62.1 Å². The minimum Gasteiger partial charge on any atom is -0.497 e. The summed E-state index contributed by atoms with van der Waals surface area (Å²) in [6, 6.07) is 5.32. The second kappa shape index (κ2) is 5.98. The van der Waals surface area contributed by atoms with E-state index in [0.717, 1.165) is 12.8 Å². The number of amides is 1. The van der Waals surface area contributed by atoms with Crippen LogP contribution in [0.5, 0.6) is 5.75 Å². The Bertz CT molecular complexity index is 996. The maximum atomic E-state index is 13.8. The van der Waals surface area contributed by atoms with E-state index in [2.05, 4.69) is 10.2 Å². The van der Waals surface area contributed by atoms with Gasteiger partial charge in [-0.05, 0) is 51.4 Å². The monoisotopic (exact) mass is 430 g/mol. The molecule has 9 nitrogen and oxygen atoms in total. The van der Waals surface area contributed by atoms with E-state index in [1.807, 2.05) is 19.9 Å². The van der Waals surface area contributed by atoms with Gasteiger partial charge in [0, 0.05) is 23.2 Å². The Morgan fingerprint density at radius 2 is 2.03 bits per heavy atom. The van der Waals surface area contributed by atoms with Gasteiger partial charge in [-0.15, -0.1) is 0 Å². The summed E-state index contributed by atoms with van der Waals surface area (Å²) in [6.45, 7) is 4.32. The van der Waals surface area contributed by atoms with Crippen LogP contribution in [-0.4, -0.2) is 67.4 Å². The number of hydrogen-bond acceptors (Lipinski definition) is 8. The van der Waals surface area contributed by atoms with Crippen molar-refractivity contribution in [1.29, 1.82) is 0 Å². The van der Waals surface area contributed by atoms with Crippen molar-refractivity contribution < 1.29 is 33.3 Å². The number of benzene rings is 1. The topological polar surface area (TPSA) is 95.6 Å². The van der Waals surface area contributed by atoms with Gasteiger partial charge in [-0.1, -0.05) is 0 Å². The zero-order chi connectivity index (χ0) is 21.8. The van der Waals surface area contributed by atoms with E-state index in [4.69, 9.17) is 23.7 Å². The molecule has 5 aliphatic heterocycles. The first kappa shape index (κ1) is 19.5. The number of nitrogens with one attached hydrogen (secondary N) is 1. The lowest BCUT2D eigenvalue weighted by molar-refractivity contribution is -0.247. The number of anilines is 1. The fourth-order valence-corrected chi connectivity index (χ4v) is 6.73. The Morgan fingerprint density at radius 1 is 1.23 bits per heavy atom. The van der Waals surface area contributed by atoms with E-state index in [0.29, 0.717) is 23.5 Å². The summed E-state index contributed by atoms with van der Waals surface area (Å²) < 4.78 is 29.5. The van der Waals surface area contributed by atoms with Crippen molar-refractivity contribution in [1.82, 2.24) is 4.90 Å². The molecule has 1 spiro atoms. The smallest absolute Gasteiger partial charge is 0.341 e. The normalized spacial score (nSPS) is 41.6. The van der Waals surface area contributed by atoms with Crippen LogP contribution in [0.25, 0.3) is 0 Å². The number of esters is 1. The van der Waals surface area contributed by atoms with Crippen molar-refractivity contribution in [2.24, 2.45) is 5.92 Å². The van der Waals surface area contributed by atoms with Crippen LogP contribution in [0.15, 0.2) is 18.2 Å². The zero-order valence-electron chi connectivity index (χ0n) is 18.0. The Labute approximate surface area is 179 Å². The van der Waals surface area contributed by atoms with Gasteiger partial charge in [0.1, 0.15) is 11.9 Å². The van der Waals surface area contributed by atoms with Crippen LogP contribution in [0.1, 0.15) is 32.3 Å². The van der Waals surface area contributed by atoms with Gasteiger partial charge in [-0.25, -0.2) is 4.79 Å². The van der Waals surface area contributed by atoms with Crippen molar-refractivity contribution in [3.8, 4) is 5.75 Å². The summed E-state index contributed by atoms with van der Waals surface area (Å²) in [5.74, 6) is -1.54. The van der Waals surface area contributed by atoms with Crippen LogP contribution >= 0.6 is 0 Å². The maximum absolute atomic E-state index is 13.8. The standard InChI is InChI=1S/C22H26N2O7/c1-20(2)29-16-15-14-6-5-9-24(14)21(22(15,19(26)28-4)31-17(16)30-20)12-10-11(27-3)7-8-13(12)23-18(21)25/h7-8,10,14-17H,5-6,9H2,1-4H3,(H,23,25)/t14-,15+,16+,17-,21-,22+/m0/s1. The lowest BCUT2D eigenvalue weighted by Crippen LogP contribution is -2.65. The van der Waals surface area contributed by atoms with E-state index in [-0.39, 0.29) is 11.9 Å². The van der Waals surface area contributed by atoms with E-state index in [1.54, 1.807) is 19.2 Å². The van der Waals surface area contributed by atoms with Crippen molar-refractivity contribution in [2.75, 3.05) is 26.1 Å². The first-order chi connectivity index (χ1) is 14.8. The Balaban J connectivity index is 1.63.